The quantitative estimate of drug-likeness (QED) is 0.471. The second-order valence-corrected chi connectivity index (χ2v) is 6.79. The first-order valence-electron chi connectivity index (χ1n) is 9.60. The number of rotatable bonds is 9. The molecule has 0 saturated heterocycles. The Kier molecular flexibility index (Phi) is 13.4. The number of nitrogens with one attached hydrogen (secondary N) is 1. The van der Waals surface area contributed by atoms with Crippen LogP contribution in [-0.4, -0.2) is 53.3 Å². The van der Waals surface area contributed by atoms with Crippen LogP contribution in [-0.2, 0) is 16.1 Å². The number of nitrogens with zero attached hydrogens (tertiary/aromatic N) is 3. The molecule has 2 amide bonds. The molecule has 1 aromatic heterocycles. The monoisotopic (exact) mass is 418 g/mol. The van der Waals surface area contributed by atoms with Crippen molar-refractivity contribution < 1.29 is 9.59 Å². The molecule has 0 aromatic carbocycles. The molecular weight excluding hydrogens is 384 g/mol. The molecule has 160 valence electrons. The summed E-state index contributed by atoms with van der Waals surface area (Å²) in [6.45, 7) is 12.0. The molecule has 0 spiro atoms. The van der Waals surface area contributed by atoms with Crippen molar-refractivity contribution in [3.05, 3.63) is 59.7 Å². The Morgan fingerprint density at radius 3 is 2.59 bits per heavy atom. The molecule has 0 radical (unpaired) electrons. The molecule has 1 rings (SSSR count). The highest BCUT2D eigenvalue weighted by molar-refractivity contribution is 7.84. The minimum atomic E-state index is -0.292. The maximum Gasteiger partial charge on any atom is 0.239 e. The Labute approximate surface area is 180 Å². The van der Waals surface area contributed by atoms with Gasteiger partial charge in [0.2, 0.25) is 11.8 Å². The van der Waals surface area contributed by atoms with Crippen molar-refractivity contribution in [2.24, 2.45) is 0 Å². The molecule has 1 N–H and O–H groups in total. The molecule has 6 nitrogen and oxygen atoms in total. The van der Waals surface area contributed by atoms with Crippen molar-refractivity contribution in [3.8, 4) is 0 Å². The Morgan fingerprint density at radius 2 is 2.00 bits per heavy atom. The van der Waals surface area contributed by atoms with Gasteiger partial charge in [-0.05, 0) is 37.7 Å². The average Bonchev–Trinajstić information content (AvgIpc) is 2.68. The lowest BCUT2D eigenvalue weighted by atomic mass is 10.2. The van der Waals surface area contributed by atoms with Crippen LogP contribution in [0.1, 0.15) is 33.3 Å². The molecule has 7 heteroatoms. The molecule has 0 bridgehead atoms. The zero-order valence-electron chi connectivity index (χ0n) is 18.3. The molecule has 1 aromatic rings. The molecule has 0 aliphatic carbocycles. The number of allylic oxidation sites excluding steroid dienone is 3. The molecular formula is C22H34N4O2S. The number of carbonyl (C=O) groups is 2. The third kappa shape index (κ3) is 10.7. The number of anilines is 1. The highest BCUT2D eigenvalue weighted by Crippen LogP contribution is 2.12. The summed E-state index contributed by atoms with van der Waals surface area (Å²) >= 11 is 4.28. The topological polar surface area (TPSA) is 65.5 Å². The van der Waals surface area contributed by atoms with E-state index in [2.05, 4.69) is 29.5 Å². The number of pyridine rings is 1. The molecule has 1 heterocycles. The average molecular weight is 419 g/mol. The largest absolute Gasteiger partial charge is 0.341 e. The molecule has 1 atom stereocenters. The van der Waals surface area contributed by atoms with Crippen molar-refractivity contribution in [2.45, 2.75) is 40.3 Å². The van der Waals surface area contributed by atoms with Crippen LogP contribution in [0.3, 0.4) is 0 Å². The van der Waals surface area contributed by atoms with E-state index in [0.717, 1.165) is 10.5 Å². The maximum atomic E-state index is 12.6. The number of hydrogen-bond acceptors (Lipinski definition) is 5. The first-order chi connectivity index (χ1) is 13.7. The van der Waals surface area contributed by atoms with E-state index in [1.54, 1.807) is 30.3 Å². The van der Waals surface area contributed by atoms with Gasteiger partial charge in [0.25, 0.3) is 0 Å². The molecule has 0 fully saturated rings. The fourth-order valence-electron chi connectivity index (χ4n) is 2.35. The minimum Gasteiger partial charge on any atom is -0.341 e. The van der Waals surface area contributed by atoms with Crippen LogP contribution in [0.25, 0.3) is 0 Å². The van der Waals surface area contributed by atoms with Crippen LogP contribution < -0.4 is 5.32 Å². The Balaban J connectivity index is 0.00000379. The fourth-order valence-corrected chi connectivity index (χ4v) is 2.56. The van der Waals surface area contributed by atoms with E-state index in [4.69, 9.17) is 0 Å². The SMILES string of the molecule is C=C/C=C(S)\C=C/CN(C)C(=O)C(C)N(C)Cc1ccnc(NC(C)=O)c1.CC. The molecule has 0 saturated carbocycles. The third-order valence-electron chi connectivity index (χ3n) is 3.91. The smallest absolute Gasteiger partial charge is 0.239 e. The van der Waals surface area contributed by atoms with Crippen LogP contribution in [0.15, 0.2) is 54.1 Å². The van der Waals surface area contributed by atoms with Gasteiger partial charge in [-0.3, -0.25) is 14.5 Å². The summed E-state index contributed by atoms with van der Waals surface area (Å²) in [5.41, 5.74) is 0.965. The van der Waals surface area contributed by atoms with Crippen LogP contribution in [0.2, 0.25) is 0 Å². The lowest BCUT2D eigenvalue weighted by Crippen LogP contribution is -2.43. The second kappa shape index (κ2) is 14.6. The number of carbonyl (C=O) groups excluding carboxylic acids is 2. The van der Waals surface area contributed by atoms with Gasteiger partial charge in [0, 0.05) is 38.2 Å². The van der Waals surface area contributed by atoms with E-state index in [9.17, 15) is 9.59 Å². The van der Waals surface area contributed by atoms with Gasteiger partial charge in [0.05, 0.1) is 6.04 Å². The summed E-state index contributed by atoms with van der Waals surface area (Å²) in [5, 5.41) is 2.66. The van der Waals surface area contributed by atoms with Crippen molar-refractivity contribution in [1.82, 2.24) is 14.8 Å². The Morgan fingerprint density at radius 1 is 1.34 bits per heavy atom. The van der Waals surface area contributed by atoms with Crippen LogP contribution in [0, 0.1) is 0 Å². The third-order valence-corrected chi connectivity index (χ3v) is 4.21. The molecule has 0 aliphatic heterocycles. The van der Waals surface area contributed by atoms with Crippen molar-refractivity contribution in [1.29, 1.82) is 0 Å². The van der Waals surface area contributed by atoms with Gasteiger partial charge < -0.3 is 10.2 Å². The standard InChI is InChI=1S/C20H28N4O2S.C2H6/c1-6-8-18(27)9-7-12-23(4)20(26)15(2)24(5)14-17-10-11-21-19(13-17)22-16(3)25;1-2/h6-11,13,15,27H,1,12,14H2,2-5H3,(H,21,22,25);1-2H3/b9-7-,18-8+;. The van der Waals surface area contributed by atoms with Crippen molar-refractivity contribution >= 4 is 30.3 Å². The van der Waals surface area contributed by atoms with E-state index in [0.29, 0.717) is 18.9 Å². The Bertz CT molecular complexity index is 731. The van der Waals surface area contributed by atoms with E-state index in [1.807, 2.05) is 57.0 Å². The zero-order chi connectivity index (χ0) is 22.4. The number of aromatic nitrogens is 1. The van der Waals surface area contributed by atoms with Crippen molar-refractivity contribution in [2.75, 3.05) is 26.0 Å². The van der Waals surface area contributed by atoms with E-state index in [-0.39, 0.29) is 17.9 Å². The maximum absolute atomic E-state index is 12.6. The van der Waals surface area contributed by atoms with Gasteiger partial charge in [0.15, 0.2) is 0 Å². The summed E-state index contributed by atoms with van der Waals surface area (Å²) in [6.07, 6.45) is 8.81. The predicted octanol–water partition coefficient (Wildman–Crippen LogP) is 3.90. The summed E-state index contributed by atoms with van der Waals surface area (Å²) in [7, 11) is 3.66. The second-order valence-electron chi connectivity index (χ2n) is 6.27. The van der Waals surface area contributed by atoms with E-state index < -0.39 is 0 Å². The summed E-state index contributed by atoms with van der Waals surface area (Å²) in [4.78, 5) is 32.3. The highest BCUT2D eigenvalue weighted by atomic mass is 32.1. The molecule has 1 unspecified atom stereocenters. The van der Waals surface area contributed by atoms with Gasteiger partial charge in [-0.15, -0.1) is 12.6 Å². The number of amides is 2. The lowest BCUT2D eigenvalue weighted by Gasteiger charge is -2.27. The number of thiol groups is 1. The highest BCUT2D eigenvalue weighted by Gasteiger charge is 2.21. The predicted molar refractivity (Wildman–Crippen MR) is 125 cm³/mol. The molecule has 29 heavy (non-hydrogen) atoms. The van der Waals surface area contributed by atoms with E-state index in [1.165, 1.54) is 6.92 Å². The van der Waals surface area contributed by atoms with Gasteiger partial charge in [-0.2, -0.15) is 0 Å². The fraction of sp³-hybridized carbons (Fsp3) is 0.409. The lowest BCUT2D eigenvalue weighted by molar-refractivity contribution is -0.134. The first-order valence-corrected chi connectivity index (χ1v) is 10.0. The van der Waals surface area contributed by atoms with E-state index >= 15 is 0 Å². The summed E-state index contributed by atoms with van der Waals surface area (Å²) in [6, 6.07) is 3.38. The number of hydrogen-bond donors (Lipinski definition) is 2. The number of likely N-dealkylation sites (N-methyl/N-ethyl adjacent to an activating group) is 2. The zero-order valence-corrected chi connectivity index (χ0v) is 19.2. The first kappa shape index (κ1) is 26.6. The minimum absolute atomic E-state index is 0.0201. The van der Waals surface area contributed by atoms with Gasteiger partial charge >= 0.3 is 0 Å². The molecule has 0 aliphatic rings. The van der Waals surface area contributed by atoms with Crippen LogP contribution >= 0.6 is 12.6 Å². The van der Waals surface area contributed by atoms with Gasteiger partial charge in [-0.25, -0.2) is 4.98 Å². The van der Waals surface area contributed by atoms with Gasteiger partial charge in [0.1, 0.15) is 5.82 Å². The van der Waals surface area contributed by atoms with Crippen molar-refractivity contribution in [3.63, 3.8) is 0 Å². The van der Waals surface area contributed by atoms with Gasteiger partial charge in [-0.1, -0.05) is 38.7 Å². The summed E-state index contributed by atoms with van der Waals surface area (Å²) < 4.78 is 0. The normalized spacial score (nSPS) is 12.2. The Hall–Kier alpha value is -2.38. The van der Waals surface area contributed by atoms with Crippen LogP contribution in [0.5, 0.6) is 0 Å². The summed E-state index contributed by atoms with van der Waals surface area (Å²) in [5.74, 6) is 0.356. The van der Waals surface area contributed by atoms with Crippen LogP contribution in [0.4, 0.5) is 5.82 Å².